The number of likely N-dealkylation sites (N-methyl/N-ethyl adjacent to an activating group) is 1. The number of halogens is 1. The predicted octanol–water partition coefficient (Wildman–Crippen LogP) is 3.66. The van der Waals surface area contributed by atoms with Crippen LogP contribution in [0.15, 0.2) is 48.5 Å². The summed E-state index contributed by atoms with van der Waals surface area (Å²) in [5, 5.41) is 3.73. The highest BCUT2D eigenvalue weighted by molar-refractivity contribution is 6.30. The summed E-state index contributed by atoms with van der Waals surface area (Å²) in [5.74, 6) is 0.754. The highest BCUT2D eigenvalue weighted by Crippen LogP contribution is 2.24. The van der Waals surface area contributed by atoms with E-state index in [-0.39, 0.29) is 11.9 Å². The molecule has 0 fully saturated rings. The molecule has 1 N–H and O–H groups in total. The summed E-state index contributed by atoms with van der Waals surface area (Å²) in [6.45, 7) is 2.96. The lowest BCUT2D eigenvalue weighted by atomic mass is 10.1. The van der Waals surface area contributed by atoms with Gasteiger partial charge in [-0.1, -0.05) is 41.9 Å². The maximum atomic E-state index is 12.3. The fraction of sp³-hybridized carbons (Fsp3) is 0.316. The Balaban J connectivity index is 1.88. The second-order valence-electron chi connectivity index (χ2n) is 5.83. The van der Waals surface area contributed by atoms with E-state index in [9.17, 15) is 4.79 Å². The average molecular weight is 347 g/mol. The molecule has 2 aromatic carbocycles. The monoisotopic (exact) mass is 346 g/mol. The van der Waals surface area contributed by atoms with Gasteiger partial charge in [0.2, 0.25) is 5.91 Å². The van der Waals surface area contributed by atoms with Crippen LogP contribution >= 0.6 is 11.6 Å². The zero-order valence-electron chi connectivity index (χ0n) is 14.3. The zero-order valence-corrected chi connectivity index (χ0v) is 15.0. The number of ether oxygens (including phenoxy) is 1. The van der Waals surface area contributed by atoms with Crippen LogP contribution in [0, 0.1) is 0 Å². The minimum atomic E-state index is -0.113. The molecule has 4 nitrogen and oxygen atoms in total. The molecule has 2 rings (SSSR count). The van der Waals surface area contributed by atoms with Gasteiger partial charge < -0.3 is 10.1 Å². The van der Waals surface area contributed by atoms with E-state index in [0.717, 1.165) is 16.9 Å². The molecular formula is C19H23ClN2O2. The van der Waals surface area contributed by atoms with Crippen LogP contribution in [0.25, 0.3) is 0 Å². The minimum Gasteiger partial charge on any atom is -0.496 e. The van der Waals surface area contributed by atoms with Gasteiger partial charge in [0, 0.05) is 17.1 Å². The third kappa shape index (κ3) is 5.25. The number of carbonyl (C=O) groups is 1. The number of para-hydroxylation sites is 1. The van der Waals surface area contributed by atoms with Gasteiger partial charge in [-0.05, 0) is 37.7 Å². The Hall–Kier alpha value is -2.04. The molecule has 0 aliphatic carbocycles. The molecule has 0 radical (unpaired) electrons. The van der Waals surface area contributed by atoms with Crippen molar-refractivity contribution in [2.45, 2.75) is 19.5 Å². The molecule has 1 atom stereocenters. The molecule has 1 unspecified atom stereocenters. The number of amides is 1. The van der Waals surface area contributed by atoms with E-state index < -0.39 is 0 Å². The van der Waals surface area contributed by atoms with Gasteiger partial charge in [0.25, 0.3) is 0 Å². The minimum absolute atomic E-state index is 0.0233. The molecule has 0 bridgehead atoms. The number of carbonyl (C=O) groups excluding carboxylic acids is 1. The number of nitrogens with zero attached hydrogens (tertiary/aromatic N) is 1. The maximum Gasteiger partial charge on any atom is 0.234 e. The van der Waals surface area contributed by atoms with Crippen molar-refractivity contribution in [3.05, 3.63) is 64.7 Å². The number of hydrogen-bond donors (Lipinski definition) is 1. The van der Waals surface area contributed by atoms with Crippen molar-refractivity contribution < 1.29 is 9.53 Å². The van der Waals surface area contributed by atoms with E-state index in [0.29, 0.717) is 18.1 Å². The first-order valence-corrected chi connectivity index (χ1v) is 8.22. The van der Waals surface area contributed by atoms with Crippen LogP contribution < -0.4 is 10.1 Å². The standard InChI is InChI=1S/C19H23ClN2O2/c1-14(17-6-4-5-7-18(17)24-3)21-19(23)13-22(2)12-15-8-10-16(20)11-9-15/h4-11,14H,12-13H2,1-3H3,(H,21,23). The quantitative estimate of drug-likeness (QED) is 0.832. The van der Waals surface area contributed by atoms with Gasteiger partial charge in [0.1, 0.15) is 5.75 Å². The lowest BCUT2D eigenvalue weighted by molar-refractivity contribution is -0.122. The van der Waals surface area contributed by atoms with Crippen molar-refractivity contribution in [1.29, 1.82) is 0 Å². The lowest BCUT2D eigenvalue weighted by Gasteiger charge is -2.20. The highest BCUT2D eigenvalue weighted by Gasteiger charge is 2.14. The van der Waals surface area contributed by atoms with Crippen LogP contribution in [0.2, 0.25) is 5.02 Å². The van der Waals surface area contributed by atoms with E-state index in [1.165, 1.54) is 0 Å². The lowest BCUT2D eigenvalue weighted by Crippen LogP contribution is -2.36. The first kappa shape index (κ1) is 18.3. The first-order chi connectivity index (χ1) is 11.5. The van der Waals surface area contributed by atoms with Gasteiger partial charge in [-0.3, -0.25) is 9.69 Å². The fourth-order valence-corrected chi connectivity index (χ4v) is 2.72. The Bertz CT molecular complexity index is 673. The summed E-state index contributed by atoms with van der Waals surface area (Å²) in [4.78, 5) is 14.2. The van der Waals surface area contributed by atoms with E-state index >= 15 is 0 Å². The molecule has 2 aromatic rings. The Morgan fingerprint density at radius 2 is 1.88 bits per heavy atom. The van der Waals surface area contributed by atoms with E-state index in [1.54, 1.807) is 7.11 Å². The number of methoxy groups -OCH3 is 1. The van der Waals surface area contributed by atoms with Crippen molar-refractivity contribution in [2.75, 3.05) is 20.7 Å². The van der Waals surface area contributed by atoms with Crippen molar-refractivity contribution in [2.24, 2.45) is 0 Å². The van der Waals surface area contributed by atoms with Crippen LogP contribution in [0.3, 0.4) is 0 Å². The Kier molecular flexibility index (Phi) is 6.64. The molecule has 5 heteroatoms. The van der Waals surface area contributed by atoms with Crippen molar-refractivity contribution in [3.8, 4) is 5.75 Å². The van der Waals surface area contributed by atoms with Gasteiger partial charge in [-0.15, -0.1) is 0 Å². The van der Waals surface area contributed by atoms with Crippen molar-refractivity contribution in [1.82, 2.24) is 10.2 Å². The zero-order chi connectivity index (χ0) is 17.5. The smallest absolute Gasteiger partial charge is 0.234 e. The molecule has 128 valence electrons. The molecule has 0 saturated carbocycles. The van der Waals surface area contributed by atoms with Gasteiger partial charge in [0.15, 0.2) is 0 Å². The molecule has 24 heavy (non-hydrogen) atoms. The van der Waals surface area contributed by atoms with Crippen LogP contribution in [0.5, 0.6) is 5.75 Å². The maximum absolute atomic E-state index is 12.3. The molecule has 0 aliphatic rings. The van der Waals surface area contributed by atoms with Gasteiger partial charge in [0.05, 0.1) is 19.7 Å². The molecular weight excluding hydrogens is 324 g/mol. The van der Waals surface area contributed by atoms with E-state index in [4.69, 9.17) is 16.3 Å². The third-order valence-electron chi connectivity index (χ3n) is 3.76. The van der Waals surface area contributed by atoms with Gasteiger partial charge in [-0.2, -0.15) is 0 Å². The van der Waals surface area contributed by atoms with Crippen molar-refractivity contribution >= 4 is 17.5 Å². The van der Waals surface area contributed by atoms with Crippen LogP contribution in [-0.2, 0) is 11.3 Å². The van der Waals surface area contributed by atoms with Crippen LogP contribution in [0.1, 0.15) is 24.1 Å². The molecule has 1 amide bonds. The largest absolute Gasteiger partial charge is 0.496 e. The summed E-state index contributed by atoms with van der Waals surface area (Å²) < 4.78 is 5.35. The molecule has 0 heterocycles. The average Bonchev–Trinajstić information content (AvgIpc) is 2.56. The Labute approximate surface area is 148 Å². The molecule has 0 spiro atoms. The number of nitrogens with one attached hydrogen (secondary N) is 1. The second-order valence-corrected chi connectivity index (χ2v) is 6.27. The summed E-state index contributed by atoms with van der Waals surface area (Å²) in [5.41, 5.74) is 2.08. The number of hydrogen-bond acceptors (Lipinski definition) is 3. The normalized spacial score (nSPS) is 12.0. The second kappa shape index (κ2) is 8.71. The van der Waals surface area contributed by atoms with Gasteiger partial charge >= 0.3 is 0 Å². The Morgan fingerprint density at radius 1 is 1.21 bits per heavy atom. The topological polar surface area (TPSA) is 41.6 Å². The van der Waals surface area contributed by atoms with Crippen LogP contribution in [0.4, 0.5) is 0 Å². The molecule has 0 saturated heterocycles. The predicted molar refractivity (Wildman–Crippen MR) is 97.3 cm³/mol. The molecule has 0 aromatic heterocycles. The summed E-state index contributed by atoms with van der Waals surface area (Å²) in [6, 6.07) is 15.2. The summed E-state index contributed by atoms with van der Waals surface area (Å²) in [7, 11) is 3.55. The fourth-order valence-electron chi connectivity index (χ4n) is 2.59. The van der Waals surface area contributed by atoms with Crippen LogP contribution in [-0.4, -0.2) is 31.5 Å². The third-order valence-corrected chi connectivity index (χ3v) is 4.01. The summed E-state index contributed by atoms with van der Waals surface area (Å²) in [6.07, 6.45) is 0. The first-order valence-electron chi connectivity index (χ1n) is 7.85. The number of benzene rings is 2. The summed E-state index contributed by atoms with van der Waals surface area (Å²) >= 11 is 5.88. The van der Waals surface area contributed by atoms with E-state index in [1.807, 2.05) is 67.4 Å². The Morgan fingerprint density at radius 3 is 2.54 bits per heavy atom. The molecule has 0 aliphatic heterocycles. The highest BCUT2D eigenvalue weighted by atomic mass is 35.5. The SMILES string of the molecule is COc1ccccc1C(C)NC(=O)CN(C)Cc1ccc(Cl)cc1. The van der Waals surface area contributed by atoms with E-state index in [2.05, 4.69) is 5.32 Å². The number of rotatable bonds is 7. The van der Waals surface area contributed by atoms with Gasteiger partial charge in [-0.25, -0.2) is 0 Å². The van der Waals surface area contributed by atoms with Crippen molar-refractivity contribution in [3.63, 3.8) is 0 Å².